The van der Waals surface area contributed by atoms with E-state index < -0.39 is 0 Å². The fraction of sp³-hybridized carbons (Fsp3) is 0. The first-order chi connectivity index (χ1) is 10.3. The Morgan fingerprint density at radius 3 is 2.62 bits per heavy atom. The van der Waals surface area contributed by atoms with Crippen molar-refractivity contribution < 1.29 is 4.52 Å². The minimum atomic E-state index is 0.500. The molecular formula is C16H11N3OS. The summed E-state index contributed by atoms with van der Waals surface area (Å²) in [6, 6.07) is 18.0. The number of aromatic nitrogens is 2. The Morgan fingerprint density at radius 2 is 1.81 bits per heavy atom. The van der Waals surface area contributed by atoms with Gasteiger partial charge in [-0.05, 0) is 29.0 Å². The summed E-state index contributed by atoms with van der Waals surface area (Å²) in [6.07, 6.45) is 0. The second kappa shape index (κ2) is 4.71. The van der Waals surface area contributed by atoms with Crippen molar-refractivity contribution in [3.8, 4) is 22.2 Å². The van der Waals surface area contributed by atoms with Gasteiger partial charge in [-0.25, -0.2) is 0 Å². The van der Waals surface area contributed by atoms with Gasteiger partial charge in [-0.3, -0.25) is 0 Å². The highest BCUT2D eigenvalue weighted by Crippen LogP contribution is 2.30. The molecule has 0 fully saturated rings. The van der Waals surface area contributed by atoms with E-state index in [0.29, 0.717) is 11.7 Å². The van der Waals surface area contributed by atoms with Gasteiger partial charge in [0.15, 0.2) is 0 Å². The number of nitrogen functional groups attached to an aromatic ring is 1. The van der Waals surface area contributed by atoms with Crippen LogP contribution in [0.4, 0.5) is 5.00 Å². The van der Waals surface area contributed by atoms with E-state index in [2.05, 4.69) is 34.4 Å². The Hall–Kier alpha value is -2.66. The van der Waals surface area contributed by atoms with E-state index in [9.17, 15) is 0 Å². The summed E-state index contributed by atoms with van der Waals surface area (Å²) in [5.74, 6) is 1.09. The number of fused-ring (bicyclic) bond motifs is 1. The van der Waals surface area contributed by atoms with Crippen molar-refractivity contribution in [2.45, 2.75) is 0 Å². The van der Waals surface area contributed by atoms with Gasteiger partial charge in [-0.15, -0.1) is 11.3 Å². The molecule has 21 heavy (non-hydrogen) atoms. The van der Waals surface area contributed by atoms with Gasteiger partial charge in [0.1, 0.15) is 0 Å². The Labute approximate surface area is 124 Å². The summed E-state index contributed by atoms with van der Waals surface area (Å²) in [4.78, 5) is 5.33. The molecule has 0 aliphatic rings. The molecule has 2 aromatic carbocycles. The molecule has 4 nitrogen and oxygen atoms in total. The van der Waals surface area contributed by atoms with Crippen LogP contribution in [0, 0.1) is 0 Å². The fourth-order valence-corrected chi connectivity index (χ4v) is 2.93. The standard InChI is InChI=1S/C16H11N3OS/c17-14-8-7-13(21-14)16-18-15(19-20-16)12-6-5-10-3-1-2-4-11(10)9-12/h1-9H,17H2. The van der Waals surface area contributed by atoms with Gasteiger partial charge in [0, 0.05) is 5.56 Å². The maximum atomic E-state index is 5.72. The molecule has 0 bridgehead atoms. The average molecular weight is 293 g/mol. The maximum Gasteiger partial charge on any atom is 0.268 e. The first-order valence-corrected chi connectivity index (χ1v) is 7.30. The van der Waals surface area contributed by atoms with Crippen LogP contribution in [0.2, 0.25) is 0 Å². The van der Waals surface area contributed by atoms with Gasteiger partial charge in [0.05, 0.1) is 9.88 Å². The van der Waals surface area contributed by atoms with E-state index in [1.807, 2.05) is 30.3 Å². The molecule has 4 aromatic rings. The molecule has 2 N–H and O–H groups in total. The van der Waals surface area contributed by atoms with E-state index in [1.165, 1.54) is 16.7 Å². The molecule has 102 valence electrons. The second-order valence-corrected chi connectivity index (χ2v) is 5.80. The van der Waals surface area contributed by atoms with Crippen molar-refractivity contribution in [1.82, 2.24) is 10.1 Å². The third kappa shape index (κ3) is 2.17. The van der Waals surface area contributed by atoms with E-state index >= 15 is 0 Å². The van der Waals surface area contributed by atoms with E-state index in [1.54, 1.807) is 0 Å². The van der Waals surface area contributed by atoms with E-state index in [0.717, 1.165) is 20.8 Å². The molecule has 5 heteroatoms. The summed E-state index contributed by atoms with van der Waals surface area (Å²) in [5, 5.41) is 7.14. The molecule has 0 amide bonds. The van der Waals surface area contributed by atoms with Crippen molar-refractivity contribution in [1.29, 1.82) is 0 Å². The van der Waals surface area contributed by atoms with Crippen LogP contribution in [0.3, 0.4) is 0 Å². The highest BCUT2D eigenvalue weighted by Gasteiger charge is 2.12. The Bertz CT molecular complexity index is 926. The number of benzene rings is 2. The monoisotopic (exact) mass is 293 g/mol. The van der Waals surface area contributed by atoms with Crippen molar-refractivity contribution in [3.63, 3.8) is 0 Å². The van der Waals surface area contributed by atoms with Crippen LogP contribution in [-0.2, 0) is 0 Å². The first kappa shape index (κ1) is 12.1. The predicted octanol–water partition coefficient (Wildman–Crippen LogP) is 4.20. The van der Waals surface area contributed by atoms with Crippen LogP contribution in [-0.4, -0.2) is 10.1 Å². The lowest BCUT2D eigenvalue weighted by atomic mass is 10.1. The zero-order valence-electron chi connectivity index (χ0n) is 11.0. The number of hydrogen-bond acceptors (Lipinski definition) is 5. The lowest BCUT2D eigenvalue weighted by molar-refractivity contribution is 0.433. The van der Waals surface area contributed by atoms with Crippen LogP contribution < -0.4 is 5.73 Å². The molecule has 0 saturated heterocycles. The number of nitrogens with two attached hydrogens (primary N) is 1. The molecule has 4 rings (SSSR count). The molecular weight excluding hydrogens is 282 g/mol. The smallest absolute Gasteiger partial charge is 0.268 e. The second-order valence-electron chi connectivity index (χ2n) is 4.69. The maximum absolute atomic E-state index is 5.72. The minimum Gasteiger partial charge on any atom is -0.391 e. The van der Waals surface area contributed by atoms with Crippen LogP contribution in [0.1, 0.15) is 0 Å². The number of rotatable bonds is 2. The topological polar surface area (TPSA) is 64.9 Å². The van der Waals surface area contributed by atoms with Gasteiger partial charge in [-0.1, -0.05) is 41.6 Å². The zero-order valence-corrected chi connectivity index (χ0v) is 11.8. The van der Waals surface area contributed by atoms with Crippen LogP contribution in [0.15, 0.2) is 59.1 Å². The molecule has 2 aromatic heterocycles. The SMILES string of the molecule is Nc1ccc(-c2nc(-c3ccc4ccccc4c3)no2)s1. The molecule has 0 saturated carbocycles. The lowest BCUT2D eigenvalue weighted by Crippen LogP contribution is -1.81. The zero-order chi connectivity index (χ0) is 14.2. The number of anilines is 1. The van der Waals surface area contributed by atoms with Gasteiger partial charge in [0.2, 0.25) is 5.82 Å². The third-order valence-corrected chi connectivity index (χ3v) is 4.17. The Balaban J connectivity index is 1.77. The van der Waals surface area contributed by atoms with Crippen LogP contribution in [0.5, 0.6) is 0 Å². The van der Waals surface area contributed by atoms with Gasteiger partial charge in [-0.2, -0.15) is 4.98 Å². The number of hydrogen-bond donors (Lipinski definition) is 1. The summed E-state index contributed by atoms with van der Waals surface area (Å²) in [6.45, 7) is 0. The van der Waals surface area contributed by atoms with Crippen molar-refractivity contribution in [3.05, 3.63) is 54.6 Å². The molecule has 2 heterocycles. The molecule has 0 aliphatic heterocycles. The first-order valence-electron chi connectivity index (χ1n) is 6.48. The summed E-state index contributed by atoms with van der Waals surface area (Å²) in [5.41, 5.74) is 6.66. The summed E-state index contributed by atoms with van der Waals surface area (Å²) >= 11 is 1.43. The summed E-state index contributed by atoms with van der Waals surface area (Å²) < 4.78 is 5.32. The number of nitrogens with zero attached hydrogens (tertiary/aromatic N) is 2. The van der Waals surface area contributed by atoms with Gasteiger partial charge < -0.3 is 10.3 Å². The van der Waals surface area contributed by atoms with Gasteiger partial charge >= 0.3 is 0 Å². The molecule has 0 aliphatic carbocycles. The van der Waals surface area contributed by atoms with Crippen molar-refractivity contribution in [2.75, 3.05) is 5.73 Å². The minimum absolute atomic E-state index is 0.500. The fourth-order valence-electron chi connectivity index (χ4n) is 2.24. The van der Waals surface area contributed by atoms with E-state index in [-0.39, 0.29) is 0 Å². The van der Waals surface area contributed by atoms with Crippen molar-refractivity contribution >= 4 is 27.1 Å². The van der Waals surface area contributed by atoms with E-state index in [4.69, 9.17) is 10.3 Å². The normalized spacial score (nSPS) is 11.0. The van der Waals surface area contributed by atoms with Crippen LogP contribution >= 0.6 is 11.3 Å². The molecule has 0 spiro atoms. The number of thiophene rings is 1. The van der Waals surface area contributed by atoms with Gasteiger partial charge in [0.25, 0.3) is 5.89 Å². The molecule has 0 unspecified atom stereocenters. The largest absolute Gasteiger partial charge is 0.391 e. The molecule has 0 radical (unpaired) electrons. The quantitative estimate of drug-likeness (QED) is 0.601. The molecule has 0 atom stereocenters. The summed E-state index contributed by atoms with van der Waals surface area (Å²) in [7, 11) is 0. The average Bonchev–Trinajstić information content (AvgIpc) is 3.15. The Kier molecular flexibility index (Phi) is 2.72. The lowest BCUT2D eigenvalue weighted by Gasteiger charge is -1.99. The third-order valence-electron chi connectivity index (χ3n) is 3.27. The highest BCUT2D eigenvalue weighted by molar-refractivity contribution is 7.19. The van der Waals surface area contributed by atoms with Crippen LogP contribution in [0.25, 0.3) is 32.9 Å². The van der Waals surface area contributed by atoms with Crippen molar-refractivity contribution in [2.24, 2.45) is 0 Å². The highest BCUT2D eigenvalue weighted by atomic mass is 32.1. The predicted molar refractivity (Wildman–Crippen MR) is 85.0 cm³/mol. The Morgan fingerprint density at radius 1 is 0.952 bits per heavy atom.